The van der Waals surface area contributed by atoms with Gasteiger partial charge in [0.15, 0.2) is 0 Å². The van der Waals surface area contributed by atoms with Crippen LogP contribution in [0, 0.1) is 5.82 Å². The Labute approximate surface area is 175 Å². The van der Waals surface area contributed by atoms with Gasteiger partial charge in [-0.25, -0.2) is 12.8 Å². The standard InChI is InChI=1S/C23H25FN2O3S/c24-17-11-13-19(14-12-17)30(28,29)22-15-26(21-10-6-5-9-20(21)22)16-23(27)25-18-7-3-1-2-4-8-18/h5-6,9-15,18H,1-4,7-8,16H2,(H,25,27). The molecule has 0 unspecified atom stereocenters. The second-order valence-electron chi connectivity index (χ2n) is 7.85. The molecular weight excluding hydrogens is 403 g/mol. The largest absolute Gasteiger partial charge is 0.352 e. The zero-order valence-electron chi connectivity index (χ0n) is 16.7. The van der Waals surface area contributed by atoms with E-state index in [9.17, 15) is 17.6 Å². The van der Waals surface area contributed by atoms with Crippen molar-refractivity contribution in [2.45, 2.75) is 60.9 Å². The van der Waals surface area contributed by atoms with Gasteiger partial charge in [0, 0.05) is 23.1 Å². The number of nitrogens with zero attached hydrogens (tertiary/aromatic N) is 1. The normalized spacial score (nSPS) is 15.8. The molecule has 0 bridgehead atoms. The Morgan fingerprint density at radius 3 is 2.37 bits per heavy atom. The molecule has 30 heavy (non-hydrogen) atoms. The van der Waals surface area contributed by atoms with Gasteiger partial charge in [0.05, 0.1) is 9.79 Å². The van der Waals surface area contributed by atoms with Crippen LogP contribution in [-0.4, -0.2) is 24.9 Å². The molecule has 1 N–H and O–H groups in total. The van der Waals surface area contributed by atoms with Gasteiger partial charge in [0.1, 0.15) is 12.4 Å². The molecule has 158 valence electrons. The monoisotopic (exact) mass is 428 g/mol. The molecule has 7 heteroatoms. The Bertz CT molecular complexity index is 1140. The van der Waals surface area contributed by atoms with Gasteiger partial charge < -0.3 is 9.88 Å². The van der Waals surface area contributed by atoms with Gasteiger partial charge in [0.25, 0.3) is 0 Å². The summed E-state index contributed by atoms with van der Waals surface area (Å²) in [6.45, 7) is 0.0515. The zero-order valence-corrected chi connectivity index (χ0v) is 17.5. The number of hydrogen-bond donors (Lipinski definition) is 1. The highest BCUT2D eigenvalue weighted by Gasteiger charge is 2.24. The maximum absolute atomic E-state index is 13.3. The Hall–Kier alpha value is -2.67. The molecule has 1 aromatic heterocycles. The van der Waals surface area contributed by atoms with E-state index in [4.69, 9.17) is 0 Å². The molecule has 2 aromatic carbocycles. The van der Waals surface area contributed by atoms with Crippen molar-refractivity contribution in [2.75, 3.05) is 0 Å². The summed E-state index contributed by atoms with van der Waals surface area (Å²) in [6, 6.07) is 12.1. The smallest absolute Gasteiger partial charge is 0.240 e. The average molecular weight is 429 g/mol. The number of sulfone groups is 1. The van der Waals surface area contributed by atoms with E-state index in [-0.39, 0.29) is 28.3 Å². The Morgan fingerprint density at radius 1 is 1.00 bits per heavy atom. The Balaban J connectivity index is 1.64. The van der Waals surface area contributed by atoms with Crippen molar-refractivity contribution < 1.29 is 17.6 Å². The van der Waals surface area contributed by atoms with E-state index in [1.54, 1.807) is 22.8 Å². The van der Waals surface area contributed by atoms with E-state index in [1.165, 1.54) is 31.2 Å². The molecule has 0 saturated heterocycles. The van der Waals surface area contributed by atoms with Crippen LogP contribution < -0.4 is 5.32 Å². The fourth-order valence-electron chi connectivity index (χ4n) is 4.15. The minimum absolute atomic E-state index is 0.0229. The number of para-hydroxylation sites is 1. The molecule has 1 heterocycles. The summed E-state index contributed by atoms with van der Waals surface area (Å²) < 4.78 is 41.3. The van der Waals surface area contributed by atoms with Crippen molar-refractivity contribution in [3.63, 3.8) is 0 Å². The van der Waals surface area contributed by atoms with Crippen molar-refractivity contribution in [1.82, 2.24) is 9.88 Å². The van der Waals surface area contributed by atoms with Gasteiger partial charge in [-0.15, -0.1) is 0 Å². The first kappa shape index (κ1) is 20.6. The number of hydrogen-bond acceptors (Lipinski definition) is 3. The lowest BCUT2D eigenvalue weighted by molar-refractivity contribution is -0.122. The van der Waals surface area contributed by atoms with Gasteiger partial charge in [-0.1, -0.05) is 43.9 Å². The maximum atomic E-state index is 13.3. The fraction of sp³-hybridized carbons (Fsp3) is 0.348. The second-order valence-corrected chi connectivity index (χ2v) is 9.77. The summed E-state index contributed by atoms with van der Waals surface area (Å²) in [5, 5.41) is 3.65. The predicted octanol–water partition coefficient (Wildman–Crippen LogP) is 4.45. The van der Waals surface area contributed by atoms with E-state index in [1.807, 2.05) is 6.07 Å². The van der Waals surface area contributed by atoms with Gasteiger partial charge in [-0.05, 0) is 43.2 Å². The molecule has 4 rings (SSSR count). The number of carbonyl (C=O) groups excluding carboxylic acids is 1. The third-order valence-electron chi connectivity index (χ3n) is 5.70. The Morgan fingerprint density at radius 2 is 1.67 bits per heavy atom. The van der Waals surface area contributed by atoms with Crippen molar-refractivity contribution in [3.05, 3.63) is 60.5 Å². The summed E-state index contributed by atoms with van der Waals surface area (Å²) in [5.74, 6) is -0.611. The number of carbonyl (C=O) groups is 1. The highest BCUT2D eigenvalue weighted by molar-refractivity contribution is 7.91. The van der Waals surface area contributed by atoms with Crippen molar-refractivity contribution in [2.24, 2.45) is 0 Å². The lowest BCUT2D eigenvalue weighted by Crippen LogP contribution is -2.36. The van der Waals surface area contributed by atoms with Crippen LogP contribution in [-0.2, 0) is 21.2 Å². The number of rotatable bonds is 5. The summed E-state index contributed by atoms with van der Waals surface area (Å²) in [6.07, 6.45) is 8.15. The summed E-state index contributed by atoms with van der Waals surface area (Å²) in [4.78, 5) is 12.8. The van der Waals surface area contributed by atoms with Crippen LogP contribution in [0.3, 0.4) is 0 Å². The van der Waals surface area contributed by atoms with Crippen LogP contribution in [0.1, 0.15) is 38.5 Å². The quantitative estimate of drug-likeness (QED) is 0.482. The van der Waals surface area contributed by atoms with Crippen LogP contribution in [0.25, 0.3) is 10.9 Å². The molecule has 0 spiro atoms. The topological polar surface area (TPSA) is 68.2 Å². The summed E-state index contributed by atoms with van der Waals surface area (Å²) >= 11 is 0. The number of nitrogens with one attached hydrogen (secondary N) is 1. The number of aromatic nitrogens is 1. The van der Waals surface area contributed by atoms with Crippen molar-refractivity contribution >= 4 is 26.6 Å². The van der Waals surface area contributed by atoms with Gasteiger partial charge in [-0.3, -0.25) is 4.79 Å². The minimum atomic E-state index is -3.85. The highest BCUT2D eigenvalue weighted by Crippen LogP contribution is 2.30. The van der Waals surface area contributed by atoms with Gasteiger partial charge in [0.2, 0.25) is 15.7 Å². The van der Waals surface area contributed by atoms with Crippen molar-refractivity contribution in [3.8, 4) is 0 Å². The molecular formula is C23H25FN2O3S. The lowest BCUT2D eigenvalue weighted by atomic mass is 10.1. The third kappa shape index (κ3) is 4.26. The second kappa shape index (κ2) is 8.60. The molecule has 1 amide bonds. The van der Waals surface area contributed by atoms with E-state index in [2.05, 4.69) is 5.32 Å². The van der Waals surface area contributed by atoms with E-state index >= 15 is 0 Å². The lowest BCUT2D eigenvalue weighted by Gasteiger charge is -2.16. The summed E-state index contributed by atoms with van der Waals surface area (Å²) in [7, 11) is -3.85. The number of halogens is 1. The number of benzene rings is 2. The summed E-state index contributed by atoms with van der Waals surface area (Å²) in [5.41, 5.74) is 0.675. The first-order valence-corrected chi connectivity index (χ1v) is 11.8. The maximum Gasteiger partial charge on any atom is 0.240 e. The van der Waals surface area contributed by atoms with Crippen LogP contribution in [0.5, 0.6) is 0 Å². The van der Waals surface area contributed by atoms with E-state index in [0.717, 1.165) is 37.8 Å². The molecule has 1 fully saturated rings. The first-order chi connectivity index (χ1) is 14.4. The van der Waals surface area contributed by atoms with Crippen molar-refractivity contribution in [1.29, 1.82) is 0 Å². The molecule has 5 nitrogen and oxygen atoms in total. The van der Waals surface area contributed by atoms with Crippen LogP contribution in [0.15, 0.2) is 64.5 Å². The van der Waals surface area contributed by atoms with E-state index in [0.29, 0.717) is 10.9 Å². The minimum Gasteiger partial charge on any atom is -0.352 e. The fourth-order valence-corrected chi connectivity index (χ4v) is 5.63. The number of fused-ring (bicyclic) bond motifs is 1. The molecule has 1 aliphatic rings. The van der Waals surface area contributed by atoms with Crippen LogP contribution >= 0.6 is 0 Å². The molecule has 0 aliphatic heterocycles. The SMILES string of the molecule is O=C(Cn1cc(S(=O)(=O)c2ccc(F)cc2)c2ccccc21)NC1CCCCCC1. The molecule has 1 saturated carbocycles. The number of amides is 1. The third-order valence-corrected chi connectivity index (χ3v) is 7.50. The van der Waals surface area contributed by atoms with Gasteiger partial charge in [-0.2, -0.15) is 0 Å². The predicted molar refractivity (Wildman–Crippen MR) is 113 cm³/mol. The average Bonchev–Trinajstić information content (AvgIpc) is 2.90. The van der Waals surface area contributed by atoms with E-state index < -0.39 is 15.7 Å². The van der Waals surface area contributed by atoms with Crippen LogP contribution in [0.2, 0.25) is 0 Å². The highest BCUT2D eigenvalue weighted by atomic mass is 32.2. The van der Waals surface area contributed by atoms with Crippen LogP contribution in [0.4, 0.5) is 4.39 Å². The first-order valence-electron chi connectivity index (χ1n) is 10.3. The molecule has 0 atom stereocenters. The molecule has 1 aliphatic carbocycles. The zero-order chi connectivity index (χ0) is 21.1. The van der Waals surface area contributed by atoms with Gasteiger partial charge >= 0.3 is 0 Å². The molecule has 0 radical (unpaired) electrons. The Kier molecular flexibility index (Phi) is 5.90. The molecule has 3 aromatic rings.